The van der Waals surface area contributed by atoms with E-state index in [0.29, 0.717) is 43.1 Å². The highest BCUT2D eigenvalue weighted by Gasteiger charge is 2.37. The number of amides is 1. The number of pyridine rings is 1. The quantitative estimate of drug-likeness (QED) is 0.638. The Balaban J connectivity index is 1.75. The summed E-state index contributed by atoms with van der Waals surface area (Å²) in [6, 6.07) is 10.9. The van der Waals surface area contributed by atoms with Crippen LogP contribution in [0, 0.1) is 0 Å². The van der Waals surface area contributed by atoms with Crippen molar-refractivity contribution in [1.29, 1.82) is 0 Å². The Kier molecular flexibility index (Phi) is 4.21. The van der Waals surface area contributed by atoms with Gasteiger partial charge in [0.25, 0.3) is 5.91 Å². The van der Waals surface area contributed by atoms with Crippen LogP contribution < -0.4 is 0 Å². The maximum atomic E-state index is 13.2. The molecular formula is C20H18N4O4S. The van der Waals surface area contributed by atoms with Crippen molar-refractivity contribution in [2.75, 3.05) is 26.3 Å². The van der Waals surface area contributed by atoms with E-state index in [1.807, 2.05) is 30.3 Å². The molecule has 9 heteroatoms. The summed E-state index contributed by atoms with van der Waals surface area (Å²) in [5.74, 6) is -0.542. The lowest BCUT2D eigenvalue weighted by molar-refractivity contribution is 0.0298. The van der Waals surface area contributed by atoms with Crippen molar-refractivity contribution in [2.45, 2.75) is 10.6 Å². The van der Waals surface area contributed by atoms with Gasteiger partial charge >= 0.3 is 0 Å². The number of nitrogens with zero attached hydrogens (tertiary/aromatic N) is 4. The third-order valence-corrected chi connectivity index (χ3v) is 6.89. The molecule has 8 nitrogen and oxygen atoms in total. The number of morpholine rings is 1. The van der Waals surface area contributed by atoms with Crippen LogP contribution in [0.25, 0.3) is 16.9 Å². The average molecular weight is 410 g/mol. The maximum Gasteiger partial charge on any atom is 0.274 e. The van der Waals surface area contributed by atoms with E-state index < -0.39 is 9.84 Å². The van der Waals surface area contributed by atoms with Crippen molar-refractivity contribution in [3.8, 4) is 16.9 Å². The summed E-state index contributed by atoms with van der Waals surface area (Å²) in [6.07, 6.45) is 2.99. The summed E-state index contributed by atoms with van der Waals surface area (Å²) in [5.41, 5.74) is 2.41. The zero-order valence-electron chi connectivity index (χ0n) is 15.5. The first-order valence-corrected chi connectivity index (χ1v) is 10.9. The SMILES string of the molecule is O=C(c1nn(-c2ccccc2)c2c1CS(=O)(=O)c1ccncc1-2)N1CCOCC1. The second kappa shape index (κ2) is 6.78. The number of hydrogen-bond acceptors (Lipinski definition) is 6. The van der Waals surface area contributed by atoms with E-state index in [0.717, 1.165) is 5.69 Å². The highest BCUT2D eigenvalue weighted by atomic mass is 32.2. The van der Waals surface area contributed by atoms with Crippen molar-refractivity contribution < 1.29 is 17.9 Å². The molecule has 0 saturated carbocycles. The van der Waals surface area contributed by atoms with Gasteiger partial charge < -0.3 is 9.64 Å². The number of benzene rings is 1. The number of para-hydroxylation sites is 1. The van der Waals surface area contributed by atoms with E-state index in [4.69, 9.17) is 4.74 Å². The molecule has 2 aliphatic rings. The average Bonchev–Trinajstić information content (AvgIpc) is 3.13. The maximum absolute atomic E-state index is 13.2. The second-order valence-electron chi connectivity index (χ2n) is 6.96. The normalized spacial score (nSPS) is 17.4. The van der Waals surface area contributed by atoms with E-state index in [1.54, 1.807) is 9.58 Å². The van der Waals surface area contributed by atoms with Gasteiger partial charge in [-0.3, -0.25) is 9.78 Å². The zero-order valence-corrected chi connectivity index (χ0v) is 16.3. The lowest BCUT2D eigenvalue weighted by atomic mass is 10.1. The number of carbonyl (C=O) groups excluding carboxylic acids is 1. The first kappa shape index (κ1) is 18.0. The molecule has 0 bridgehead atoms. The summed E-state index contributed by atoms with van der Waals surface area (Å²) < 4.78 is 32.8. The molecule has 148 valence electrons. The van der Waals surface area contributed by atoms with Crippen molar-refractivity contribution in [1.82, 2.24) is 19.7 Å². The molecular weight excluding hydrogens is 392 g/mol. The molecule has 0 radical (unpaired) electrons. The van der Waals surface area contributed by atoms with Crippen LogP contribution in [0.1, 0.15) is 16.1 Å². The fraction of sp³-hybridized carbons (Fsp3) is 0.250. The Morgan fingerprint density at radius 3 is 2.59 bits per heavy atom. The van der Waals surface area contributed by atoms with E-state index in [2.05, 4.69) is 10.1 Å². The summed E-state index contributed by atoms with van der Waals surface area (Å²) in [5, 5.41) is 4.59. The molecule has 3 aromatic rings. The van der Waals surface area contributed by atoms with Crippen molar-refractivity contribution >= 4 is 15.7 Å². The van der Waals surface area contributed by atoms with Crippen LogP contribution in [0.3, 0.4) is 0 Å². The van der Waals surface area contributed by atoms with Crippen molar-refractivity contribution in [3.05, 3.63) is 60.0 Å². The van der Waals surface area contributed by atoms with Gasteiger partial charge in [0.05, 0.1) is 35.2 Å². The number of carbonyl (C=O) groups is 1. The number of aromatic nitrogens is 3. The lowest BCUT2D eigenvalue weighted by Crippen LogP contribution is -2.41. The van der Waals surface area contributed by atoms with Crippen LogP contribution in [0.5, 0.6) is 0 Å². The van der Waals surface area contributed by atoms with Crippen LogP contribution >= 0.6 is 0 Å². The molecule has 2 aliphatic heterocycles. The molecule has 0 unspecified atom stereocenters. The molecule has 0 atom stereocenters. The first-order chi connectivity index (χ1) is 14.1. The Morgan fingerprint density at radius 1 is 1.07 bits per heavy atom. The fourth-order valence-electron chi connectivity index (χ4n) is 3.81. The third kappa shape index (κ3) is 2.93. The highest BCUT2D eigenvalue weighted by Crippen LogP contribution is 2.40. The first-order valence-electron chi connectivity index (χ1n) is 9.28. The number of fused-ring (bicyclic) bond motifs is 3. The van der Waals surface area contributed by atoms with E-state index in [1.165, 1.54) is 18.5 Å². The predicted octanol–water partition coefficient (Wildman–Crippen LogP) is 1.69. The molecule has 1 aromatic carbocycles. The van der Waals surface area contributed by atoms with E-state index in [9.17, 15) is 13.2 Å². The van der Waals surface area contributed by atoms with Crippen LogP contribution in [-0.2, 0) is 20.3 Å². The van der Waals surface area contributed by atoms with E-state index >= 15 is 0 Å². The summed E-state index contributed by atoms with van der Waals surface area (Å²) in [4.78, 5) is 19.2. The minimum atomic E-state index is -3.60. The Labute approximate surface area is 167 Å². The molecule has 29 heavy (non-hydrogen) atoms. The molecule has 1 fully saturated rings. The highest BCUT2D eigenvalue weighted by molar-refractivity contribution is 7.90. The van der Waals surface area contributed by atoms with Crippen LogP contribution in [-0.4, -0.2) is 60.3 Å². The van der Waals surface area contributed by atoms with Gasteiger partial charge in [-0.1, -0.05) is 18.2 Å². The largest absolute Gasteiger partial charge is 0.378 e. The number of ether oxygens (including phenoxy) is 1. The van der Waals surface area contributed by atoms with Gasteiger partial charge in [-0.15, -0.1) is 0 Å². The van der Waals surface area contributed by atoms with Crippen LogP contribution in [0.2, 0.25) is 0 Å². The lowest BCUT2D eigenvalue weighted by Gasteiger charge is -2.26. The summed E-state index contributed by atoms with van der Waals surface area (Å²) in [7, 11) is -3.60. The molecule has 1 saturated heterocycles. The predicted molar refractivity (Wildman–Crippen MR) is 104 cm³/mol. The second-order valence-corrected chi connectivity index (χ2v) is 8.92. The molecule has 2 aromatic heterocycles. The molecule has 5 rings (SSSR count). The minimum absolute atomic E-state index is 0.170. The summed E-state index contributed by atoms with van der Waals surface area (Å²) in [6.45, 7) is 1.82. The molecule has 4 heterocycles. The monoisotopic (exact) mass is 410 g/mol. The Morgan fingerprint density at radius 2 is 1.83 bits per heavy atom. The molecule has 0 aliphatic carbocycles. The Bertz CT molecular complexity index is 1200. The van der Waals surface area contributed by atoms with Crippen molar-refractivity contribution in [2.24, 2.45) is 0 Å². The van der Waals surface area contributed by atoms with E-state index in [-0.39, 0.29) is 22.2 Å². The Hall–Kier alpha value is -3.04. The van der Waals surface area contributed by atoms with Gasteiger partial charge in [0.1, 0.15) is 0 Å². The van der Waals surface area contributed by atoms with Gasteiger partial charge in [0.2, 0.25) is 0 Å². The smallest absolute Gasteiger partial charge is 0.274 e. The zero-order chi connectivity index (χ0) is 20.0. The number of sulfone groups is 1. The van der Waals surface area contributed by atoms with Gasteiger partial charge in [-0.05, 0) is 18.2 Å². The third-order valence-electron chi connectivity index (χ3n) is 5.19. The van der Waals surface area contributed by atoms with Crippen LogP contribution in [0.15, 0.2) is 53.7 Å². The van der Waals surface area contributed by atoms with Crippen molar-refractivity contribution in [3.63, 3.8) is 0 Å². The fourth-order valence-corrected chi connectivity index (χ4v) is 5.37. The number of hydrogen-bond donors (Lipinski definition) is 0. The standard InChI is InChI=1S/C20H18N4O4S/c25-20(23-8-10-28-11-9-23)18-16-13-29(26,27)17-6-7-21-12-15(17)19(16)24(22-18)14-4-2-1-3-5-14/h1-7,12H,8-11,13H2. The molecule has 0 N–H and O–H groups in total. The van der Waals surface area contributed by atoms with Gasteiger partial charge in [0.15, 0.2) is 15.5 Å². The van der Waals surface area contributed by atoms with Gasteiger partial charge in [0, 0.05) is 36.6 Å². The van der Waals surface area contributed by atoms with Crippen LogP contribution in [0.4, 0.5) is 0 Å². The van der Waals surface area contributed by atoms with Gasteiger partial charge in [-0.25, -0.2) is 13.1 Å². The minimum Gasteiger partial charge on any atom is -0.378 e. The number of rotatable bonds is 2. The topological polar surface area (TPSA) is 94.4 Å². The summed E-state index contributed by atoms with van der Waals surface area (Å²) >= 11 is 0. The van der Waals surface area contributed by atoms with Gasteiger partial charge in [-0.2, -0.15) is 5.10 Å². The molecule has 1 amide bonds. The molecule has 0 spiro atoms.